The molecule has 0 spiro atoms. The molecule has 0 amide bonds. The van der Waals surface area contributed by atoms with Gasteiger partial charge in [-0.25, -0.2) is 0 Å². The van der Waals surface area contributed by atoms with Gasteiger partial charge in [0.1, 0.15) is 0 Å². The SMILES string of the molecule is Cc1[nH]c2ccccc2c1-c1nnc(-c2ccc(C(c3c[nH]c4ccc(C#N)cc34)c3c[nH]c4ccc(C#N)cc34)cc2)o1. The van der Waals surface area contributed by atoms with Crippen LogP contribution in [0.25, 0.3) is 55.6 Å². The second kappa shape index (κ2) is 9.87. The first-order chi connectivity index (χ1) is 21.6. The molecule has 0 unspecified atom stereocenters. The molecule has 0 aliphatic rings. The van der Waals surface area contributed by atoms with E-state index in [0.717, 1.165) is 66.2 Å². The monoisotopic (exact) mass is 569 g/mol. The summed E-state index contributed by atoms with van der Waals surface area (Å²) < 4.78 is 6.20. The Morgan fingerprint density at radius 2 is 1.30 bits per heavy atom. The van der Waals surface area contributed by atoms with Gasteiger partial charge in [0.25, 0.3) is 5.89 Å². The number of nitrogens with zero attached hydrogens (tertiary/aromatic N) is 4. The lowest BCUT2D eigenvalue weighted by molar-refractivity contribution is 0.584. The first kappa shape index (κ1) is 25.3. The number of H-pyrrole nitrogens is 3. The van der Waals surface area contributed by atoms with Gasteiger partial charge in [0.2, 0.25) is 5.89 Å². The predicted octanol–water partition coefficient (Wildman–Crippen LogP) is 8.08. The molecule has 4 aromatic carbocycles. The van der Waals surface area contributed by atoms with Gasteiger partial charge in [0.05, 0.1) is 28.8 Å². The Morgan fingerprint density at radius 3 is 1.93 bits per heavy atom. The Hall–Kier alpha value is -6.38. The Labute approximate surface area is 251 Å². The summed E-state index contributed by atoms with van der Waals surface area (Å²) in [6.45, 7) is 2.00. The minimum atomic E-state index is -0.193. The number of hydrogen-bond acceptors (Lipinski definition) is 5. The van der Waals surface area contributed by atoms with Crippen molar-refractivity contribution in [2.24, 2.45) is 0 Å². The van der Waals surface area contributed by atoms with Crippen LogP contribution in [0.15, 0.2) is 102 Å². The molecule has 0 radical (unpaired) electrons. The molecule has 8 nitrogen and oxygen atoms in total. The highest BCUT2D eigenvalue weighted by Gasteiger charge is 2.24. The molecule has 0 atom stereocenters. The zero-order valence-electron chi connectivity index (χ0n) is 23.5. The molecule has 0 bridgehead atoms. The maximum Gasteiger partial charge on any atom is 0.250 e. The molecule has 0 saturated carbocycles. The van der Waals surface area contributed by atoms with E-state index in [1.807, 2.05) is 92.1 Å². The summed E-state index contributed by atoms with van der Waals surface area (Å²) in [5.41, 5.74) is 9.88. The van der Waals surface area contributed by atoms with Crippen LogP contribution in [0.2, 0.25) is 0 Å². The van der Waals surface area contributed by atoms with Crippen LogP contribution in [-0.4, -0.2) is 25.1 Å². The first-order valence-corrected chi connectivity index (χ1v) is 14.1. The van der Waals surface area contributed by atoms with Crippen LogP contribution in [0, 0.1) is 29.6 Å². The van der Waals surface area contributed by atoms with Gasteiger partial charge in [-0.15, -0.1) is 10.2 Å². The minimum absolute atomic E-state index is 0.193. The van der Waals surface area contributed by atoms with Gasteiger partial charge in [-0.1, -0.05) is 30.3 Å². The van der Waals surface area contributed by atoms with E-state index in [0.29, 0.717) is 22.9 Å². The summed E-state index contributed by atoms with van der Waals surface area (Å²) in [6, 6.07) is 32.1. The van der Waals surface area contributed by atoms with Crippen molar-refractivity contribution in [3.63, 3.8) is 0 Å². The average molecular weight is 570 g/mol. The zero-order chi connectivity index (χ0) is 29.8. The van der Waals surface area contributed by atoms with Crippen LogP contribution in [0.1, 0.15) is 39.4 Å². The highest BCUT2D eigenvalue weighted by atomic mass is 16.4. The van der Waals surface area contributed by atoms with Gasteiger partial charge in [0, 0.05) is 62.3 Å². The fraction of sp³-hybridized carbons (Fsp3) is 0.0556. The molecular formula is C36H23N7O. The fourth-order valence-electron chi connectivity index (χ4n) is 6.24. The summed E-state index contributed by atoms with van der Waals surface area (Å²) in [5.74, 6) is 0.710. The minimum Gasteiger partial charge on any atom is -0.416 e. The number of aromatic nitrogens is 5. The van der Waals surface area contributed by atoms with Crippen molar-refractivity contribution in [1.29, 1.82) is 10.5 Å². The molecule has 208 valence electrons. The Balaban J connectivity index is 1.24. The Kier molecular flexibility index (Phi) is 5.68. The summed E-state index contributed by atoms with van der Waals surface area (Å²) in [6.07, 6.45) is 4.01. The number of aromatic amines is 3. The van der Waals surface area contributed by atoms with E-state index in [1.54, 1.807) is 0 Å². The van der Waals surface area contributed by atoms with Crippen LogP contribution < -0.4 is 0 Å². The van der Waals surface area contributed by atoms with Gasteiger partial charge in [-0.3, -0.25) is 0 Å². The van der Waals surface area contributed by atoms with E-state index in [2.05, 4.69) is 49.4 Å². The normalized spacial score (nSPS) is 11.5. The van der Waals surface area contributed by atoms with Crippen LogP contribution in [0.5, 0.6) is 0 Å². The Morgan fingerprint density at radius 1 is 0.682 bits per heavy atom. The topological polar surface area (TPSA) is 134 Å². The molecule has 0 fully saturated rings. The third-order valence-electron chi connectivity index (χ3n) is 8.33. The van der Waals surface area contributed by atoms with Crippen molar-refractivity contribution in [1.82, 2.24) is 25.1 Å². The third-order valence-corrected chi connectivity index (χ3v) is 8.33. The number of rotatable bonds is 5. The molecule has 44 heavy (non-hydrogen) atoms. The van der Waals surface area contributed by atoms with E-state index in [9.17, 15) is 10.5 Å². The first-order valence-electron chi connectivity index (χ1n) is 14.1. The van der Waals surface area contributed by atoms with Crippen molar-refractivity contribution in [3.8, 4) is 35.0 Å². The molecule has 8 heteroatoms. The number of benzene rings is 4. The lowest BCUT2D eigenvalue weighted by Crippen LogP contribution is -2.02. The summed E-state index contributed by atoms with van der Waals surface area (Å²) in [4.78, 5) is 10.2. The standard InChI is InChI=1S/C36H23N7O/c1-20-33(25-4-2-3-5-32(25)41-20)36-43-42-35(44-36)24-10-8-23(9-11-24)34(28-18-39-30-12-6-21(16-37)14-26(28)30)29-19-40-31-13-7-22(17-38)15-27(29)31/h2-15,18-19,34,39-41H,1H3. The van der Waals surface area contributed by atoms with Gasteiger partial charge in [-0.05, 0) is 78.2 Å². The van der Waals surface area contributed by atoms with Gasteiger partial charge < -0.3 is 19.4 Å². The van der Waals surface area contributed by atoms with E-state index in [1.165, 1.54) is 0 Å². The van der Waals surface area contributed by atoms with Gasteiger partial charge >= 0.3 is 0 Å². The number of aryl methyl sites for hydroxylation is 1. The maximum absolute atomic E-state index is 9.61. The number of fused-ring (bicyclic) bond motifs is 3. The van der Waals surface area contributed by atoms with E-state index in [-0.39, 0.29) is 5.92 Å². The fourth-order valence-corrected chi connectivity index (χ4v) is 6.24. The van der Waals surface area contributed by atoms with E-state index >= 15 is 0 Å². The number of para-hydroxylation sites is 1. The predicted molar refractivity (Wildman–Crippen MR) is 169 cm³/mol. The average Bonchev–Trinajstić information content (AvgIpc) is 3.86. The molecule has 8 rings (SSSR count). The van der Waals surface area contributed by atoms with Gasteiger partial charge in [0.15, 0.2) is 0 Å². The van der Waals surface area contributed by atoms with Crippen molar-refractivity contribution >= 4 is 32.7 Å². The molecule has 8 aromatic rings. The molecular weight excluding hydrogens is 546 g/mol. The third kappa shape index (κ3) is 3.98. The second-order valence-corrected chi connectivity index (χ2v) is 10.9. The van der Waals surface area contributed by atoms with Crippen LogP contribution in [0.3, 0.4) is 0 Å². The number of nitrogens with one attached hydrogen (secondary N) is 3. The van der Waals surface area contributed by atoms with Crippen LogP contribution in [-0.2, 0) is 0 Å². The van der Waals surface area contributed by atoms with Crippen molar-refractivity contribution in [2.75, 3.05) is 0 Å². The van der Waals surface area contributed by atoms with E-state index in [4.69, 9.17) is 4.42 Å². The maximum atomic E-state index is 9.61. The smallest absolute Gasteiger partial charge is 0.250 e. The lowest BCUT2D eigenvalue weighted by atomic mass is 9.84. The van der Waals surface area contributed by atoms with Gasteiger partial charge in [-0.2, -0.15) is 10.5 Å². The summed E-state index contributed by atoms with van der Waals surface area (Å²) in [5, 5.41) is 31.0. The molecule has 4 heterocycles. The van der Waals surface area contributed by atoms with Crippen LogP contribution in [0.4, 0.5) is 0 Å². The quantitative estimate of drug-likeness (QED) is 0.193. The summed E-state index contributed by atoms with van der Waals surface area (Å²) in [7, 11) is 0. The largest absolute Gasteiger partial charge is 0.416 e. The molecule has 0 aliphatic carbocycles. The number of nitriles is 2. The second-order valence-electron chi connectivity index (χ2n) is 10.9. The Bertz CT molecular complexity index is 2350. The van der Waals surface area contributed by atoms with E-state index < -0.39 is 0 Å². The number of hydrogen-bond donors (Lipinski definition) is 3. The van der Waals surface area contributed by atoms with Crippen molar-refractivity contribution in [3.05, 3.63) is 131 Å². The molecule has 0 saturated heterocycles. The highest BCUT2D eigenvalue weighted by Crippen LogP contribution is 2.41. The molecule has 3 N–H and O–H groups in total. The van der Waals surface area contributed by atoms with Crippen molar-refractivity contribution in [2.45, 2.75) is 12.8 Å². The molecule has 4 aromatic heterocycles. The zero-order valence-corrected chi connectivity index (χ0v) is 23.5. The van der Waals surface area contributed by atoms with Crippen LogP contribution >= 0.6 is 0 Å². The molecule has 0 aliphatic heterocycles. The lowest BCUT2D eigenvalue weighted by Gasteiger charge is -2.18. The summed E-state index contributed by atoms with van der Waals surface area (Å²) >= 11 is 0. The highest BCUT2D eigenvalue weighted by molar-refractivity contribution is 5.95. The van der Waals surface area contributed by atoms with Crippen molar-refractivity contribution < 1.29 is 4.42 Å².